The molecule has 0 saturated heterocycles. The number of carbonyl (C=O) groups is 2. The van der Waals surface area contributed by atoms with Gasteiger partial charge in [0.05, 0.1) is 11.3 Å². The van der Waals surface area contributed by atoms with Gasteiger partial charge >= 0.3 is 5.97 Å². The Morgan fingerprint density at radius 2 is 1.88 bits per heavy atom. The second kappa shape index (κ2) is 8.25. The quantitative estimate of drug-likeness (QED) is 0.368. The fourth-order valence-corrected chi connectivity index (χ4v) is 2.24. The number of nitro benzene ring substituents is 1. The molecule has 0 spiro atoms. The smallest absolute Gasteiger partial charge is 0.312 e. The Morgan fingerprint density at radius 1 is 1.20 bits per heavy atom. The molecule has 2 aromatic carbocycles. The first-order valence-electron chi connectivity index (χ1n) is 7.36. The third-order valence-electron chi connectivity index (χ3n) is 3.32. The highest BCUT2D eigenvalue weighted by molar-refractivity contribution is 6.30. The van der Waals surface area contributed by atoms with Crippen LogP contribution in [0.25, 0.3) is 0 Å². The van der Waals surface area contributed by atoms with Crippen LogP contribution in [0.1, 0.15) is 22.3 Å². The minimum absolute atomic E-state index is 0.0131. The summed E-state index contributed by atoms with van der Waals surface area (Å²) in [6, 6.07) is 10.1. The maximum absolute atomic E-state index is 11.9. The van der Waals surface area contributed by atoms with Gasteiger partial charge in [-0.2, -0.15) is 0 Å². The molecule has 0 heterocycles. The monoisotopic (exact) mass is 362 g/mol. The van der Waals surface area contributed by atoms with Crippen LogP contribution in [0.4, 0.5) is 5.69 Å². The largest absolute Gasteiger partial charge is 0.426 e. The molecule has 0 unspecified atom stereocenters. The lowest BCUT2D eigenvalue weighted by atomic mass is 10.2. The van der Waals surface area contributed by atoms with Crippen molar-refractivity contribution in [3.8, 4) is 5.75 Å². The average Bonchev–Trinajstić information content (AvgIpc) is 2.57. The van der Waals surface area contributed by atoms with Gasteiger partial charge in [-0.3, -0.25) is 19.7 Å². The van der Waals surface area contributed by atoms with Crippen molar-refractivity contribution in [1.29, 1.82) is 0 Å². The molecular weight excluding hydrogens is 348 g/mol. The maximum Gasteiger partial charge on any atom is 0.312 e. The lowest BCUT2D eigenvalue weighted by Gasteiger charge is -2.08. The number of halogens is 1. The van der Waals surface area contributed by atoms with Gasteiger partial charge in [0, 0.05) is 29.3 Å². The zero-order valence-corrected chi connectivity index (χ0v) is 14.1. The fourth-order valence-electron chi connectivity index (χ4n) is 2.02. The van der Waals surface area contributed by atoms with Crippen LogP contribution >= 0.6 is 11.6 Å². The Balaban J connectivity index is 1.82. The molecule has 8 heteroatoms. The third kappa shape index (κ3) is 5.29. The molecule has 0 radical (unpaired) electrons. The standard InChI is InChI=1S/C17H15ClN2O5/c1-11-10-13(18)4-7-15(11)25-16(21)8-9-19-17(22)12-2-5-14(6-3-12)20(23)24/h2-7,10H,8-9H2,1H3,(H,19,22). The number of amides is 1. The first-order chi connectivity index (χ1) is 11.9. The van der Waals surface area contributed by atoms with Crippen molar-refractivity contribution >= 4 is 29.2 Å². The zero-order chi connectivity index (χ0) is 18.4. The van der Waals surface area contributed by atoms with E-state index in [9.17, 15) is 19.7 Å². The number of ether oxygens (including phenoxy) is 1. The molecule has 25 heavy (non-hydrogen) atoms. The van der Waals surface area contributed by atoms with E-state index >= 15 is 0 Å². The van der Waals surface area contributed by atoms with Gasteiger partial charge in [-0.1, -0.05) is 11.6 Å². The number of hydrogen-bond donors (Lipinski definition) is 1. The first kappa shape index (κ1) is 18.4. The van der Waals surface area contributed by atoms with Crippen molar-refractivity contribution in [2.75, 3.05) is 6.54 Å². The van der Waals surface area contributed by atoms with Crippen molar-refractivity contribution in [2.24, 2.45) is 0 Å². The van der Waals surface area contributed by atoms with Crippen LogP contribution in [0, 0.1) is 17.0 Å². The summed E-state index contributed by atoms with van der Waals surface area (Å²) >= 11 is 5.83. The number of nitrogens with zero attached hydrogens (tertiary/aromatic N) is 1. The normalized spacial score (nSPS) is 10.2. The summed E-state index contributed by atoms with van der Waals surface area (Å²) in [7, 11) is 0. The van der Waals surface area contributed by atoms with Crippen molar-refractivity contribution in [3.05, 3.63) is 68.7 Å². The molecule has 0 saturated carbocycles. The van der Waals surface area contributed by atoms with Gasteiger partial charge < -0.3 is 10.1 Å². The number of non-ortho nitro benzene ring substituents is 1. The van der Waals surface area contributed by atoms with E-state index in [4.69, 9.17) is 16.3 Å². The highest BCUT2D eigenvalue weighted by Crippen LogP contribution is 2.22. The molecule has 0 atom stereocenters. The fraction of sp³-hybridized carbons (Fsp3) is 0.176. The van der Waals surface area contributed by atoms with Gasteiger partial charge in [-0.05, 0) is 42.8 Å². The van der Waals surface area contributed by atoms with Crippen molar-refractivity contribution in [3.63, 3.8) is 0 Å². The zero-order valence-electron chi connectivity index (χ0n) is 13.3. The molecule has 0 aliphatic heterocycles. The highest BCUT2D eigenvalue weighted by Gasteiger charge is 2.11. The van der Waals surface area contributed by atoms with E-state index in [1.165, 1.54) is 24.3 Å². The predicted octanol–water partition coefficient (Wildman–Crippen LogP) is 3.28. The van der Waals surface area contributed by atoms with Gasteiger partial charge in [0.1, 0.15) is 5.75 Å². The molecule has 7 nitrogen and oxygen atoms in total. The third-order valence-corrected chi connectivity index (χ3v) is 3.55. The Hall–Kier alpha value is -2.93. The second-order valence-electron chi connectivity index (χ2n) is 5.19. The van der Waals surface area contributed by atoms with Crippen molar-refractivity contribution < 1.29 is 19.2 Å². The Kier molecular flexibility index (Phi) is 6.08. The minimum atomic E-state index is -0.545. The Labute approximate surface area is 148 Å². The summed E-state index contributed by atoms with van der Waals surface area (Å²) in [6.07, 6.45) is -0.0131. The molecule has 0 aliphatic carbocycles. The second-order valence-corrected chi connectivity index (χ2v) is 5.63. The molecule has 1 amide bonds. The lowest BCUT2D eigenvalue weighted by Crippen LogP contribution is -2.27. The SMILES string of the molecule is Cc1cc(Cl)ccc1OC(=O)CCNC(=O)c1ccc([N+](=O)[O-])cc1. The summed E-state index contributed by atoms with van der Waals surface area (Å²) in [6.45, 7) is 1.85. The number of aryl methyl sites for hydroxylation is 1. The topological polar surface area (TPSA) is 98.5 Å². The molecule has 130 valence electrons. The molecular formula is C17H15ClN2O5. The molecule has 2 aromatic rings. The molecule has 0 bridgehead atoms. The predicted molar refractivity (Wildman–Crippen MR) is 91.9 cm³/mol. The summed E-state index contributed by atoms with van der Waals surface area (Å²) in [5.41, 5.74) is 0.904. The van der Waals surface area contributed by atoms with Gasteiger partial charge in [-0.15, -0.1) is 0 Å². The van der Waals surface area contributed by atoms with Gasteiger partial charge in [0.15, 0.2) is 0 Å². The summed E-state index contributed by atoms with van der Waals surface area (Å²) < 4.78 is 5.21. The summed E-state index contributed by atoms with van der Waals surface area (Å²) in [4.78, 5) is 33.7. The highest BCUT2D eigenvalue weighted by atomic mass is 35.5. The van der Waals surface area contributed by atoms with Crippen LogP contribution in [0.15, 0.2) is 42.5 Å². The first-order valence-corrected chi connectivity index (χ1v) is 7.74. The Morgan fingerprint density at radius 3 is 2.48 bits per heavy atom. The molecule has 2 rings (SSSR count). The van der Waals surface area contributed by atoms with Crippen molar-refractivity contribution in [1.82, 2.24) is 5.32 Å². The number of nitrogens with one attached hydrogen (secondary N) is 1. The molecule has 0 aliphatic rings. The number of hydrogen-bond acceptors (Lipinski definition) is 5. The van der Waals surface area contributed by atoms with E-state index in [2.05, 4.69) is 5.32 Å². The van der Waals surface area contributed by atoms with E-state index in [1.807, 2.05) is 0 Å². The number of nitro groups is 1. The number of esters is 1. The average molecular weight is 363 g/mol. The number of carbonyl (C=O) groups excluding carboxylic acids is 2. The van der Waals surface area contributed by atoms with Crippen LogP contribution in [-0.2, 0) is 4.79 Å². The van der Waals surface area contributed by atoms with Crippen LogP contribution in [-0.4, -0.2) is 23.3 Å². The Bertz CT molecular complexity index is 805. The van der Waals surface area contributed by atoms with Gasteiger partial charge in [0.2, 0.25) is 0 Å². The van der Waals surface area contributed by atoms with E-state index < -0.39 is 16.8 Å². The van der Waals surface area contributed by atoms with Crippen molar-refractivity contribution in [2.45, 2.75) is 13.3 Å². The van der Waals surface area contributed by atoms with Gasteiger partial charge in [0.25, 0.3) is 11.6 Å². The summed E-state index contributed by atoms with van der Waals surface area (Å²) in [5, 5.41) is 13.7. The van der Waals surface area contributed by atoms with E-state index in [0.29, 0.717) is 10.8 Å². The van der Waals surface area contributed by atoms with Crippen LogP contribution in [0.3, 0.4) is 0 Å². The van der Waals surface area contributed by atoms with Gasteiger partial charge in [-0.25, -0.2) is 0 Å². The van der Waals surface area contributed by atoms with Crippen LogP contribution < -0.4 is 10.1 Å². The van der Waals surface area contributed by atoms with Crippen LogP contribution in [0.2, 0.25) is 5.02 Å². The maximum atomic E-state index is 11.9. The molecule has 0 aromatic heterocycles. The minimum Gasteiger partial charge on any atom is -0.426 e. The molecule has 0 fully saturated rings. The lowest BCUT2D eigenvalue weighted by molar-refractivity contribution is -0.384. The number of benzene rings is 2. The molecule has 1 N–H and O–H groups in total. The number of rotatable bonds is 6. The van der Waals surface area contributed by atoms with E-state index in [0.717, 1.165) is 5.56 Å². The van der Waals surface area contributed by atoms with E-state index in [1.54, 1.807) is 25.1 Å². The van der Waals surface area contributed by atoms with Crippen LogP contribution in [0.5, 0.6) is 5.75 Å². The van der Waals surface area contributed by atoms with E-state index in [-0.39, 0.29) is 24.2 Å². The summed E-state index contributed by atoms with van der Waals surface area (Å²) in [5.74, 6) is -0.504.